The third-order valence-electron chi connectivity index (χ3n) is 4.77. The molecule has 0 atom stereocenters. The zero-order valence-corrected chi connectivity index (χ0v) is 15.2. The summed E-state index contributed by atoms with van der Waals surface area (Å²) in [5.74, 6) is -0.585. The molecule has 0 spiro atoms. The number of nitrogens with one attached hydrogen (secondary N) is 1. The lowest BCUT2D eigenvalue weighted by Crippen LogP contribution is -2.38. The number of aryl methyl sites for hydroxylation is 1. The molecule has 136 valence electrons. The molecule has 0 radical (unpaired) electrons. The third-order valence-corrected chi connectivity index (χ3v) is 5.08. The van der Waals surface area contributed by atoms with Crippen LogP contribution in [-0.4, -0.2) is 25.3 Å². The van der Waals surface area contributed by atoms with Gasteiger partial charge in [0, 0.05) is 30.3 Å². The van der Waals surface area contributed by atoms with E-state index in [1.54, 1.807) is 25.1 Å². The van der Waals surface area contributed by atoms with Crippen molar-refractivity contribution in [3.63, 3.8) is 0 Å². The minimum absolute atomic E-state index is 0.0890. The summed E-state index contributed by atoms with van der Waals surface area (Å²) in [4.78, 5) is 25.5. The van der Waals surface area contributed by atoms with Crippen molar-refractivity contribution in [1.29, 1.82) is 0 Å². The Labute approximate surface area is 157 Å². The molecule has 0 aromatic heterocycles. The number of anilines is 2. The van der Waals surface area contributed by atoms with Crippen molar-refractivity contribution in [1.82, 2.24) is 0 Å². The second-order valence-corrected chi connectivity index (χ2v) is 6.95. The van der Waals surface area contributed by atoms with Crippen molar-refractivity contribution in [2.24, 2.45) is 5.92 Å². The van der Waals surface area contributed by atoms with Crippen molar-refractivity contribution in [2.75, 3.05) is 23.3 Å². The summed E-state index contributed by atoms with van der Waals surface area (Å²) in [6.07, 6.45) is 2.26. The number of halogens is 2. The molecule has 1 aliphatic heterocycles. The standard InChI is InChI=1S/C20H20ClFN2O2/c1-13-10-19(17(21)11-18(13)22)23-20(26)15-6-8-24(9-7-15)16-4-2-14(12-25)3-5-16/h2-5,10-12,15H,6-9H2,1H3,(H,23,26). The topological polar surface area (TPSA) is 49.4 Å². The first-order valence-electron chi connectivity index (χ1n) is 8.54. The predicted octanol–water partition coefficient (Wildman–Crippen LogP) is 4.46. The van der Waals surface area contributed by atoms with E-state index in [4.69, 9.17) is 11.6 Å². The van der Waals surface area contributed by atoms with Gasteiger partial charge in [-0.1, -0.05) is 11.6 Å². The maximum atomic E-state index is 13.5. The molecule has 3 rings (SSSR count). The number of rotatable bonds is 4. The van der Waals surface area contributed by atoms with Gasteiger partial charge in [0.2, 0.25) is 5.91 Å². The van der Waals surface area contributed by atoms with Gasteiger partial charge in [0.15, 0.2) is 0 Å². The van der Waals surface area contributed by atoms with Gasteiger partial charge in [0.1, 0.15) is 12.1 Å². The number of piperidine rings is 1. The van der Waals surface area contributed by atoms with Crippen LogP contribution in [0.2, 0.25) is 5.02 Å². The number of carbonyl (C=O) groups excluding carboxylic acids is 2. The summed E-state index contributed by atoms with van der Waals surface area (Å²) in [6, 6.07) is 10.2. The number of amides is 1. The number of aldehydes is 1. The molecule has 0 bridgehead atoms. The summed E-state index contributed by atoms with van der Waals surface area (Å²) in [7, 11) is 0. The van der Waals surface area contributed by atoms with Crippen LogP contribution in [0.4, 0.5) is 15.8 Å². The van der Waals surface area contributed by atoms with Gasteiger partial charge in [-0.05, 0) is 61.7 Å². The highest BCUT2D eigenvalue weighted by molar-refractivity contribution is 6.33. The Morgan fingerprint density at radius 3 is 2.50 bits per heavy atom. The monoisotopic (exact) mass is 374 g/mol. The normalized spacial score (nSPS) is 15.0. The average Bonchev–Trinajstić information content (AvgIpc) is 2.66. The van der Waals surface area contributed by atoms with Crippen LogP contribution in [0.15, 0.2) is 36.4 Å². The summed E-state index contributed by atoms with van der Waals surface area (Å²) in [6.45, 7) is 3.15. The summed E-state index contributed by atoms with van der Waals surface area (Å²) < 4.78 is 13.5. The molecule has 2 aromatic carbocycles. The first-order valence-corrected chi connectivity index (χ1v) is 8.92. The van der Waals surface area contributed by atoms with Crippen molar-refractivity contribution < 1.29 is 14.0 Å². The fourth-order valence-corrected chi connectivity index (χ4v) is 3.35. The summed E-state index contributed by atoms with van der Waals surface area (Å²) >= 11 is 6.02. The number of benzene rings is 2. The van der Waals surface area contributed by atoms with Gasteiger partial charge in [-0.3, -0.25) is 9.59 Å². The quantitative estimate of drug-likeness (QED) is 0.804. The van der Waals surface area contributed by atoms with E-state index in [0.29, 0.717) is 16.8 Å². The Bertz CT molecular complexity index is 815. The molecule has 1 aliphatic rings. The molecular formula is C20H20ClFN2O2. The molecule has 6 heteroatoms. The zero-order chi connectivity index (χ0) is 18.7. The Hall–Kier alpha value is -2.40. The Balaban J connectivity index is 1.59. The van der Waals surface area contributed by atoms with Gasteiger partial charge < -0.3 is 10.2 Å². The molecule has 26 heavy (non-hydrogen) atoms. The predicted molar refractivity (Wildman–Crippen MR) is 102 cm³/mol. The van der Waals surface area contributed by atoms with E-state index in [1.807, 2.05) is 12.1 Å². The minimum atomic E-state index is -0.387. The van der Waals surface area contributed by atoms with E-state index < -0.39 is 0 Å². The Morgan fingerprint density at radius 1 is 1.23 bits per heavy atom. The van der Waals surface area contributed by atoms with Crippen LogP contribution in [0.3, 0.4) is 0 Å². The van der Waals surface area contributed by atoms with Crippen molar-refractivity contribution in [3.8, 4) is 0 Å². The molecule has 1 heterocycles. The van der Waals surface area contributed by atoms with Crippen molar-refractivity contribution in [3.05, 3.63) is 58.4 Å². The highest BCUT2D eigenvalue weighted by Crippen LogP contribution is 2.28. The molecule has 0 saturated carbocycles. The van der Waals surface area contributed by atoms with Gasteiger partial charge in [-0.25, -0.2) is 4.39 Å². The third kappa shape index (κ3) is 4.05. The minimum Gasteiger partial charge on any atom is -0.371 e. The molecular weight excluding hydrogens is 355 g/mol. The molecule has 0 aliphatic carbocycles. The lowest BCUT2D eigenvalue weighted by Gasteiger charge is -2.33. The largest absolute Gasteiger partial charge is 0.371 e. The number of hydrogen-bond donors (Lipinski definition) is 1. The van der Waals surface area contributed by atoms with Gasteiger partial charge in [-0.2, -0.15) is 0 Å². The Kier molecular flexibility index (Phi) is 5.57. The summed E-state index contributed by atoms with van der Waals surface area (Å²) in [5, 5.41) is 3.03. The van der Waals surface area contributed by atoms with Crippen LogP contribution < -0.4 is 10.2 Å². The van der Waals surface area contributed by atoms with Crippen LogP contribution in [0.25, 0.3) is 0 Å². The first-order chi connectivity index (χ1) is 12.5. The highest BCUT2D eigenvalue weighted by Gasteiger charge is 2.25. The second-order valence-electron chi connectivity index (χ2n) is 6.54. The van der Waals surface area contributed by atoms with E-state index in [2.05, 4.69) is 10.2 Å². The van der Waals surface area contributed by atoms with Gasteiger partial charge >= 0.3 is 0 Å². The molecule has 0 unspecified atom stereocenters. The maximum absolute atomic E-state index is 13.5. The smallest absolute Gasteiger partial charge is 0.227 e. The van der Waals surface area contributed by atoms with Crippen molar-refractivity contribution in [2.45, 2.75) is 19.8 Å². The van der Waals surface area contributed by atoms with E-state index >= 15 is 0 Å². The van der Waals surface area contributed by atoms with Crippen LogP contribution in [0.5, 0.6) is 0 Å². The SMILES string of the molecule is Cc1cc(NC(=O)C2CCN(c3ccc(C=O)cc3)CC2)c(Cl)cc1F. The van der Waals surface area contributed by atoms with Gasteiger partial charge in [0.05, 0.1) is 10.7 Å². The van der Waals surface area contributed by atoms with E-state index in [-0.39, 0.29) is 22.7 Å². The lowest BCUT2D eigenvalue weighted by molar-refractivity contribution is -0.120. The fourth-order valence-electron chi connectivity index (χ4n) is 3.15. The van der Waals surface area contributed by atoms with Crippen molar-refractivity contribution >= 4 is 35.2 Å². The van der Waals surface area contributed by atoms with Gasteiger partial charge in [0.25, 0.3) is 0 Å². The number of carbonyl (C=O) groups is 2. The zero-order valence-electron chi connectivity index (χ0n) is 14.5. The highest BCUT2D eigenvalue weighted by atomic mass is 35.5. The lowest BCUT2D eigenvalue weighted by atomic mass is 9.95. The summed E-state index contributed by atoms with van der Waals surface area (Å²) in [5.41, 5.74) is 2.59. The van der Waals surface area contributed by atoms with Crippen LogP contribution in [0, 0.1) is 18.7 Å². The molecule has 1 N–H and O–H groups in total. The fraction of sp³-hybridized carbons (Fsp3) is 0.300. The average molecular weight is 375 g/mol. The molecule has 1 amide bonds. The van der Waals surface area contributed by atoms with E-state index in [0.717, 1.165) is 37.9 Å². The van der Waals surface area contributed by atoms with E-state index in [1.165, 1.54) is 6.07 Å². The Morgan fingerprint density at radius 2 is 1.88 bits per heavy atom. The molecule has 1 saturated heterocycles. The number of hydrogen-bond acceptors (Lipinski definition) is 3. The molecule has 2 aromatic rings. The second kappa shape index (κ2) is 7.87. The first kappa shape index (κ1) is 18.4. The van der Waals surface area contributed by atoms with E-state index in [9.17, 15) is 14.0 Å². The maximum Gasteiger partial charge on any atom is 0.227 e. The van der Waals surface area contributed by atoms with Crippen LogP contribution >= 0.6 is 11.6 Å². The van der Waals surface area contributed by atoms with Crippen LogP contribution in [-0.2, 0) is 4.79 Å². The molecule has 1 fully saturated rings. The van der Waals surface area contributed by atoms with Crippen LogP contribution in [0.1, 0.15) is 28.8 Å². The number of nitrogens with zero attached hydrogens (tertiary/aromatic N) is 1. The van der Waals surface area contributed by atoms with Gasteiger partial charge in [-0.15, -0.1) is 0 Å². The molecule has 4 nitrogen and oxygen atoms in total.